The molecule has 0 amide bonds. The number of rotatable bonds is 4. The molecule has 0 spiro atoms. The predicted octanol–water partition coefficient (Wildman–Crippen LogP) is 1.61. The summed E-state index contributed by atoms with van der Waals surface area (Å²) in [5.41, 5.74) is 0.811. The Morgan fingerprint density at radius 2 is 1.60 bits per heavy atom. The molecule has 0 aromatic rings. The molecule has 4 radical (unpaired) electrons. The van der Waals surface area contributed by atoms with E-state index < -0.39 is 0 Å². The average molecular weight is 208 g/mol. The fourth-order valence-corrected chi connectivity index (χ4v) is 8.48. The van der Waals surface area contributed by atoms with Crippen LogP contribution < -0.4 is 0 Å². The van der Waals surface area contributed by atoms with Crippen LogP contribution in [0.2, 0.25) is 26.2 Å². The van der Waals surface area contributed by atoms with Gasteiger partial charge in [-0.1, -0.05) is 26.2 Å². The van der Waals surface area contributed by atoms with Gasteiger partial charge >= 0.3 is 0 Å². The second-order valence-corrected chi connectivity index (χ2v) is 10.4. The Bertz CT molecular complexity index is 81.0. The molecule has 0 fully saturated rings. The van der Waals surface area contributed by atoms with Crippen LogP contribution in [-0.2, 0) is 0 Å². The zero-order valence-electron chi connectivity index (χ0n) is 7.03. The molecule has 0 saturated heterocycles. The van der Waals surface area contributed by atoms with Gasteiger partial charge in [-0.05, 0) is 0 Å². The highest BCUT2D eigenvalue weighted by molar-refractivity contribution is 6.81. The van der Waals surface area contributed by atoms with Crippen molar-refractivity contribution >= 4 is 39.2 Å². The third-order valence-electron chi connectivity index (χ3n) is 1.11. The van der Waals surface area contributed by atoms with Crippen LogP contribution in [0.3, 0.4) is 0 Å². The lowest BCUT2D eigenvalue weighted by Crippen LogP contribution is -2.46. The van der Waals surface area contributed by atoms with Gasteiger partial charge in [0.05, 0.1) is 0 Å². The second kappa shape index (κ2) is 5.54. The van der Waals surface area contributed by atoms with Crippen molar-refractivity contribution in [1.29, 1.82) is 0 Å². The van der Waals surface area contributed by atoms with Crippen LogP contribution in [0.4, 0.5) is 0 Å². The van der Waals surface area contributed by atoms with Crippen LogP contribution >= 0.6 is 11.6 Å². The standard InChI is InChI=1S/C5H14ClNSi3/c1-9(2)7(8-5-6)10(3)4/h5H2,1-4H3. The van der Waals surface area contributed by atoms with Crippen molar-refractivity contribution in [3.05, 3.63) is 0 Å². The molecule has 1 nitrogen and oxygen atoms in total. The van der Waals surface area contributed by atoms with Crippen LogP contribution in [0.25, 0.3) is 0 Å². The van der Waals surface area contributed by atoms with E-state index in [0.29, 0.717) is 0 Å². The number of alkyl halides is 1. The van der Waals surface area contributed by atoms with Gasteiger partial charge in [0.1, 0.15) is 27.6 Å². The highest BCUT2D eigenvalue weighted by Crippen LogP contribution is 1.97. The van der Waals surface area contributed by atoms with Crippen molar-refractivity contribution in [2.75, 3.05) is 5.50 Å². The monoisotopic (exact) mass is 207 g/mol. The molecule has 0 aliphatic rings. The lowest BCUT2D eigenvalue weighted by Gasteiger charge is -2.26. The molecule has 0 bridgehead atoms. The fraction of sp³-hybridized carbons (Fsp3) is 1.00. The van der Waals surface area contributed by atoms with E-state index in [9.17, 15) is 0 Å². The summed E-state index contributed by atoms with van der Waals surface area (Å²) in [6.07, 6.45) is 0. The van der Waals surface area contributed by atoms with Crippen molar-refractivity contribution in [2.24, 2.45) is 0 Å². The minimum Gasteiger partial charge on any atom is -0.371 e. The van der Waals surface area contributed by atoms with Gasteiger partial charge in [0, 0.05) is 5.50 Å². The smallest absolute Gasteiger partial charge is 0.143 e. The molecule has 0 aliphatic carbocycles. The third kappa shape index (κ3) is 3.92. The summed E-state index contributed by atoms with van der Waals surface area (Å²) in [5.74, 6) is 0. The van der Waals surface area contributed by atoms with Crippen molar-refractivity contribution in [3.8, 4) is 0 Å². The Hall–Kier alpha value is 0.901. The number of hydrogen-bond acceptors (Lipinski definition) is 1. The van der Waals surface area contributed by atoms with E-state index in [1.165, 1.54) is 0 Å². The minimum absolute atomic E-state index is 0.229. The predicted molar refractivity (Wildman–Crippen MR) is 53.3 cm³/mol. The Morgan fingerprint density at radius 3 is 1.70 bits per heavy atom. The summed E-state index contributed by atoms with van der Waals surface area (Å²) in [6, 6.07) is 0. The molecule has 0 aromatic carbocycles. The van der Waals surface area contributed by atoms with Gasteiger partial charge in [0.15, 0.2) is 0 Å². The second-order valence-electron chi connectivity index (χ2n) is 2.52. The average Bonchev–Trinajstić information content (AvgIpc) is 1.81. The zero-order chi connectivity index (χ0) is 8.15. The lowest BCUT2D eigenvalue weighted by molar-refractivity contribution is 1.03. The van der Waals surface area contributed by atoms with Crippen molar-refractivity contribution in [2.45, 2.75) is 26.2 Å². The molecule has 10 heavy (non-hydrogen) atoms. The SMILES string of the molecule is C[Si](C)N([Si]CCl)[Si](C)C. The maximum atomic E-state index is 5.69. The van der Waals surface area contributed by atoms with Gasteiger partial charge in [-0.15, -0.1) is 11.6 Å². The highest BCUT2D eigenvalue weighted by Gasteiger charge is 2.14. The molecule has 0 saturated carbocycles. The zero-order valence-corrected chi connectivity index (χ0v) is 10.8. The molecule has 0 aliphatic heterocycles. The molecule has 0 rings (SSSR count). The third-order valence-corrected chi connectivity index (χ3v) is 10.0. The number of nitrogens with zero attached hydrogens (tertiary/aromatic N) is 1. The fourth-order valence-electron chi connectivity index (χ4n) is 0.823. The Balaban J connectivity index is 3.73. The van der Waals surface area contributed by atoms with E-state index in [2.05, 4.69) is 30.1 Å². The van der Waals surface area contributed by atoms with E-state index in [1.807, 2.05) is 0 Å². The van der Waals surface area contributed by atoms with Crippen molar-refractivity contribution < 1.29 is 0 Å². The molecule has 0 heterocycles. The molecular weight excluding hydrogens is 194 g/mol. The summed E-state index contributed by atoms with van der Waals surface area (Å²) >= 11 is 5.69. The normalized spacial score (nSPS) is 12.0. The summed E-state index contributed by atoms with van der Waals surface area (Å²) in [5, 5.41) is 0. The van der Waals surface area contributed by atoms with Crippen LogP contribution in [0.1, 0.15) is 0 Å². The Labute approximate surface area is 75.0 Å². The molecule has 0 atom stereocenters. The van der Waals surface area contributed by atoms with Gasteiger partial charge in [-0.25, -0.2) is 0 Å². The summed E-state index contributed by atoms with van der Waals surface area (Å²) < 4.78 is 2.61. The van der Waals surface area contributed by atoms with Crippen molar-refractivity contribution in [1.82, 2.24) is 3.90 Å². The topological polar surface area (TPSA) is 3.24 Å². The van der Waals surface area contributed by atoms with Crippen LogP contribution in [-0.4, -0.2) is 37.0 Å². The first-order chi connectivity index (χ1) is 4.59. The van der Waals surface area contributed by atoms with E-state index in [1.54, 1.807) is 0 Å². The van der Waals surface area contributed by atoms with Gasteiger partial charge in [-0.2, -0.15) is 0 Å². The van der Waals surface area contributed by atoms with E-state index in [4.69, 9.17) is 11.6 Å². The van der Waals surface area contributed by atoms with Gasteiger partial charge in [0.25, 0.3) is 0 Å². The van der Waals surface area contributed by atoms with Crippen molar-refractivity contribution in [3.63, 3.8) is 0 Å². The van der Waals surface area contributed by atoms with Crippen LogP contribution in [0, 0.1) is 0 Å². The molecule has 5 heteroatoms. The summed E-state index contributed by atoms with van der Waals surface area (Å²) in [4.78, 5) is 0. The number of halogens is 1. The maximum absolute atomic E-state index is 5.69. The minimum atomic E-state index is -0.229. The summed E-state index contributed by atoms with van der Waals surface area (Å²) in [6.45, 7) is 9.34. The molecule has 58 valence electrons. The van der Waals surface area contributed by atoms with Gasteiger partial charge < -0.3 is 3.90 Å². The van der Waals surface area contributed by atoms with E-state index in [-0.39, 0.29) is 17.9 Å². The Morgan fingerprint density at radius 1 is 1.20 bits per heavy atom. The van der Waals surface area contributed by atoms with Crippen LogP contribution in [0.5, 0.6) is 0 Å². The van der Waals surface area contributed by atoms with E-state index >= 15 is 0 Å². The van der Waals surface area contributed by atoms with Crippen LogP contribution in [0.15, 0.2) is 0 Å². The lowest BCUT2D eigenvalue weighted by atomic mass is 11.9. The molecule has 0 N–H and O–H groups in total. The first-order valence-electron chi connectivity index (χ1n) is 3.29. The maximum Gasteiger partial charge on any atom is 0.143 e. The first-order valence-corrected chi connectivity index (χ1v) is 9.87. The first kappa shape index (κ1) is 10.9. The highest BCUT2D eigenvalue weighted by atomic mass is 35.5. The molecule has 0 aromatic heterocycles. The number of hydrogen-bond donors (Lipinski definition) is 0. The summed E-state index contributed by atoms with van der Waals surface area (Å²) in [7, 11) is 0.399. The molecule has 0 unspecified atom stereocenters. The van der Waals surface area contributed by atoms with Gasteiger partial charge in [0.2, 0.25) is 0 Å². The van der Waals surface area contributed by atoms with E-state index in [0.717, 1.165) is 15.2 Å². The van der Waals surface area contributed by atoms with Gasteiger partial charge in [-0.3, -0.25) is 0 Å². The quantitative estimate of drug-likeness (QED) is 0.500. The molecular formula is C5H14ClNSi3. The largest absolute Gasteiger partial charge is 0.371 e. The Kier molecular flexibility index (Phi) is 6.04.